The van der Waals surface area contributed by atoms with Gasteiger partial charge < -0.3 is 20.1 Å². The van der Waals surface area contributed by atoms with E-state index < -0.39 is 0 Å². The Kier molecular flexibility index (Phi) is 5.33. The number of para-hydroxylation sites is 1. The molecule has 1 saturated heterocycles. The smallest absolute Gasteiger partial charge is 0.238 e. The Labute approximate surface area is 140 Å². The highest BCUT2D eigenvalue weighted by molar-refractivity contribution is 7.80. The number of hydrogen-bond donors (Lipinski definition) is 2. The van der Waals surface area contributed by atoms with E-state index in [2.05, 4.69) is 20.8 Å². The van der Waals surface area contributed by atoms with Crippen molar-refractivity contribution in [3.63, 3.8) is 0 Å². The summed E-state index contributed by atoms with van der Waals surface area (Å²) in [5, 5.41) is 14.7. The topological polar surface area (TPSA) is 68.3 Å². The van der Waals surface area contributed by atoms with E-state index >= 15 is 0 Å². The number of ether oxygens (including phenoxy) is 2. The standard InChI is InChI=1S/C16H18N4O2S/c23-16(17-11-13-7-4-10-21-13)18-14-8-9-15(20-19-14)22-12-5-2-1-3-6-12/h1-3,5-6,8-9,13H,4,7,10-11H2,(H2,17,18,19,23)/t13-/m1/s1. The Morgan fingerprint density at radius 1 is 1.22 bits per heavy atom. The third kappa shape index (κ3) is 4.87. The lowest BCUT2D eigenvalue weighted by Gasteiger charge is -2.13. The van der Waals surface area contributed by atoms with Crippen LogP contribution in [0.15, 0.2) is 42.5 Å². The number of nitrogens with one attached hydrogen (secondary N) is 2. The van der Waals surface area contributed by atoms with E-state index in [1.54, 1.807) is 12.1 Å². The van der Waals surface area contributed by atoms with E-state index in [0.29, 0.717) is 23.4 Å². The number of thiocarbonyl (C=S) groups is 1. The predicted molar refractivity (Wildman–Crippen MR) is 91.7 cm³/mol. The first kappa shape index (κ1) is 15.6. The SMILES string of the molecule is S=C(NC[C@H]1CCCO1)Nc1ccc(Oc2ccccc2)nn1. The fourth-order valence-corrected chi connectivity index (χ4v) is 2.41. The Morgan fingerprint density at radius 3 is 2.78 bits per heavy atom. The molecule has 7 heteroatoms. The van der Waals surface area contributed by atoms with Crippen LogP contribution in [0.4, 0.5) is 5.82 Å². The van der Waals surface area contributed by atoms with Gasteiger partial charge in [0.05, 0.1) is 6.10 Å². The van der Waals surface area contributed by atoms with Crippen LogP contribution in [0.5, 0.6) is 11.6 Å². The molecule has 2 N–H and O–H groups in total. The van der Waals surface area contributed by atoms with Crippen LogP contribution in [-0.4, -0.2) is 34.6 Å². The Morgan fingerprint density at radius 2 is 2.09 bits per heavy atom. The Hall–Kier alpha value is -2.25. The molecule has 23 heavy (non-hydrogen) atoms. The molecule has 6 nitrogen and oxygen atoms in total. The summed E-state index contributed by atoms with van der Waals surface area (Å²) in [6.45, 7) is 1.54. The van der Waals surface area contributed by atoms with Crippen LogP contribution in [0, 0.1) is 0 Å². The maximum Gasteiger partial charge on any atom is 0.238 e. The first-order chi connectivity index (χ1) is 11.3. The lowest BCUT2D eigenvalue weighted by molar-refractivity contribution is 0.114. The Balaban J connectivity index is 1.47. The van der Waals surface area contributed by atoms with Gasteiger partial charge in [0.15, 0.2) is 10.9 Å². The highest BCUT2D eigenvalue weighted by Gasteiger charge is 2.15. The largest absolute Gasteiger partial charge is 0.438 e. The van der Waals surface area contributed by atoms with Gasteiger partial charge in [-0.15, -0.1) is 10.2 Å². The molecule has 1 aliphatic rings. The molecule has 0 aliphatic carbocycles. The normalized spacial score (nSPS) is 16.8. The summed E-state index contributed by atoms with van der Waals surface area (Å²) in [7, 11) is 0. The van der Waals surface area contributed by atoms with E-state index in [0.717, 1.165) is 25.2 Å². The van der Waals surface area contributed by atoms with Crippen LogP contribution in [-0.2, 0) is 4.74 Å². The average Bonchev–Trinajstić information content (AvgIpc) is 3.09. The van der Waals surface area contributed by atoms with Crippen LogP contribution in [0.25, 0.3) is 0 Å². The number of anilines is 1. The number of nitrogens with zero attached hydrogens (tertiary/aromatic N) is 2. The number of benzene rings is 1. The lowest BCUT2D eigenvalue weighted by Crippen LogP contribution is -2.35. The zero-order chi connectivity index (χ0) is 15.9. The van der Waals surface area contributed by atoms with Crippen LogP contribution in [0.1, 0.15) is 12.8 Å². The van der Waals surface area contributed by atoms with Crippen molar-refractivity contribution in [2.24, 2.45) is 0 Å². The van der Waals surface area contributed by atoms with Crippen molar-refractivity contribution in [3.05, 3.63) is 42.5 Å². The molecule has 120 valence electrons. The molecule has 1 aliphatic heterocycles. The number of aromatic nitrogens is 2. The average molecular weight is 330 g/mol. The monoisotopic (exact) mass is 330 g/mol. The van der Waals surface area contributed by atoms with Gasteiger partial charge in [0.25, 0.3) is 0 Å². The second-order valence-electron chi connectivity index (χ2n) is 5.14. The quantitative estimate of drug-likeness (QED) is 0.817. The summed E-state index contributed by atoms with van der Waals surface area (Å²) in [4.78, 5) is 0. The van der Waals surface area contributed by atoms with Crippen LogP contribution in [0.3, 0.4) is 0 Å². The van der Waals surface area contributed by atoms with Crippen LogP contribution >= 0.6 is 12.2 Å². The second kappa shape index (κ2) is 7.85. The van der Waals surface area contributed by atoms with Crippen molar-refractivity contribution in [1.82, 2.24) is 15.5 Å². The molecular formula is C16H18N4O2S. The minimum Gasteiger partial charge on any atom is -0.438 e. The zero-order valence-electron chi connectivity index (χ0n) is 12.6. The van der Waals surface area contributed by atoms with Crippen LogP contribution in [0.2, 0.25) is 0 Å². The third-order valence-electron chi connectivity index (χ3n) is 3.36. The minimum absolute atomic E-state index is 0.238. The van der Waals surface area contributed by atoms with Crippen molar-refractivity contribution >= 4 is 23.1 Å². The third-order valence-corrected chi connectivity index (χ3v) is 3.61. The van der Waals surface area contributed by atoms with Gasteiger partial charge in [-0.25, -0.2) is 0 Å². The van der Waals surface area contributed by atoms with Gasteiger partial charge in [-0.1, -0.05) is 18.2 Å². The highest BCUT2D eigenvalue weighted by Crippen LogP contribution is 2.18. The van der Waals surface area contributed by atoms with Gasteiger partial charge in [-0.05, 0) is 43.3 Å². The molecule has 0 saturated carbocycles. The summed E-state index contributed by atoms with van der Waals surface area (Å²) in [5.74, 6) is 1.71. The minimum atomic E-state index is 0.238. The first-order valence-electron chi connectivity index (χ1n) is 7.53. The Bertz CT molecular complexity index is 630. The summed E-state index contributed by atoms with van der Waals surface area (Å²) in [5.41, 5.74) is 0. The molecule has 0 radical (unpaired) electrons. The van der Waals surface area contributed by atoms with Crippen molar-refractivity contribution in [2.45, 2.75) is 18.9 Å². The van der Waals surface area contributed by atoms with Crippen molar-refractivity contribution in [3.8, 4) is 11.6 Å². The summed E-state index contributed by atoms with van der Waals surface area (Å²) >= 11 is 5.23. The van der Waals surface area contributed by atoms with E-state index in [9.17, 15) is 0 Å². The molecule has 3 rings (SSSR count). The molecule has 0 amide bonds. The zero-order valence-corrected chi connectivity index (χ0v) is 13.4. The molecule has 1 fully saturated rings. The summed E-state index contributed by atoms with van der Waals surface area (Å²) in [6.07, 6.45) is 2.42. The van der Waals surface area contributed by atoms with Gasteiger partial charge in [-0.2, -0.15) is 0 Å². The lowest BCUT2D eigenvalue weighted by atomic mass is 10.2. The fraction of sp³-hybridized carbons (Fsp3) is 0.312. The van der Waals surface area contributed by atoms with Gasteiger partial charge in [0.1, 0.15) is 5.75 Å². The molecule has 0 unspecified atom stereocenters. The van der Waals surface area contributed by atoms with Crippen molar-refractivity contribution in [2.75, 3.05) is 18.5 Å². The molecule has 1 atom stereocenters. The molecular weight excluding hydrogens is 312 g/mol. The van der Waals surface area contributed by atoms with Gasteiger partial charge in [0, 0.05) is 19.2 Å². The van der Waals surface area contributed by atoms with Gasteiger partial charge in [-0.3, -0.25) is 0 Å². The number of rotatable bonds is 5. The van der Waals surface area contributed by atoms with E-state index in [1.165, 1.54) is 0 Å². The van der Waals surface area contributed by atoms with Gasteiger partial charge in [0.2, 0.25) is 5.88 Å². The van der Waals surface area contributed by atoms with E-state index in [1.807, 2.05) is 30.3 Å². The maximum atomic E-state index is 5.59. The molecule has 0 spiro atoms. The summed E-state index contributed by atoms with van der Waals surface area (Å²) < 4.78 is 11.1. The second-order valence-corrected chi connectivity index (χ2v) is 5.55. The van der Waals surface area contributed by atoms with Gasteiger partial charge >= 0.3 is 0 Å². The fourth-order valence-electron chi connectivity index (χ4n) is 2.22. The number of hydrogen-bond acceptors (Lipinski definition) is 5. The molecule has 1 aromatic heterocycles. The molecule has 0 bridgehead atoms. The van der Waals surface area contributed by atoms with Crippen molar-refractivity contribution < 1.29 is 9.47 Å². The highest BCUT2D eigenvalue weighted by atomic mass is 32.1. The molecule has 2 aromatic rings. The predicted octanol–water partition coefficient (Wildman–Crippen LogP) is 2.73. The molecule has 1 aromatic carbocycles. The van der Waals surface area contributed by atoms with E-state index in [-0.39, 0.29) is 6.10 Å². The van der Waals surface area contributed by atoms with Crippen LogP contribution < -0.4 is 15.4 Å². The van der Waals surface area contributed by atoms with Crippen molar-refractivity contribution in [1.29, 1.82) is 0 Å². The summed E-state index contributed by atoms with van der Waals surface area (Å²) in [6, 6.07) is 13.0. The van der Waals surface area contributed by atoms with E-state index in [4.69, 9.17) is 21.7 Å². The molecule has 2 heterocycles. The maximum absolute atomic E-state index is 5.59. The first-order valence-corrected chi connectivity index (χ1v) is 7.93.